The van der Waals surface area contributed by atoms with Gasteiger partial charge in [0.05, 0.1) is 5.69 Å². The van der Waals surface area contributed by atoms with E-state index >= 15 is 0 Å². The molecule has 0 fully saturated rings. The Kier molecular flexibility index (Phi) is 1.18. The van der Waals surface area contributed by atoms with Crippen molar-refractivity contribution in [3.8, 4) is 0 Å². The molecule has 0 radical (unpaired) electrons. The van der Waals surface area contributed by atoms with E-state index in [1.165, 1.54) is 0 Å². The average Bonchev–Trinajstić information content (AvgIpc) is 2.12. The summed E-state index contributed by atoms with van der Waals surface area (Å²) in [5, 5.41) is 7.83. The van der Waals surface area contributed by atoms with Crippen molar-refractivity contribution >= 4 is 5.69 Å². The van der Waals surface area contributed by atoms with Crippen molar-refractivity contribution < 1.29 is 0 Å². The van der Waals surface area contributed by atoms with Crippen LogP contribution in [-0.2, 0) is 0 Å². The molecule has 0 aliphatic carbocycles. The van der Waals surface area contributed by atoms with Crippen molar-refractivity contribution in [1.82, 2.24) is 10.2 Å². The highest BCUT2D eigenvalue weighted by Gasteiger charge is 2.01. The van der Waals surface area contributed by atoms with Gasteiger partial charge in [0.25, 0.3) is 5.56 Å². The van der Waals surface area contributed by atoms with Gasteiger partial charge in [0, 0.05) is 0 Å². The van der Waals surface area contributed by atoms with Crippen LogP contribution in [-0.4, -0.2) is 10.2 Å². The van der Waals surface area contributed by atoms with E-state index in [1.807, 2.05) is 0 Å². The van der Waals surface area contributed by atoms with Crippen LogP contribution in [0.3, 0.4) is 0 Å². The molecule has 0 amide bonds. The van der Waals surface area contributed by atoms with Crippen LogP contribution in [0, 0.1) is 12.5 Å². The van der Waals surface area contributed by atoms with Gasteiger partial charge in [0.2, 0.25) is 0 Å². The Balaban J connectivity index is 3.40. The molecule has 0 spiro atoms. The minimum atomic E-state index is -0.345. The summed E-state index contributed by atoms with van der Waals surface area (Å²) in [7, 11) is 0. The normalized spacial score (nSPS) is 9.44. The zero-order valence-electron chi connectivity index (χ0n) is 4.86. The fourth-order valence-corrected chi connectivity index (χ4v) is 0.574. The Labute approximate surface area is 50.6 Å². The molecule has 5 nitrogen and oxygen atoms in total. The summed E-state index contributed by atoms with van der Waals surface area (Å²) in [6.07, 6.45) is 0. The van der Waals surface area contributed by atoms with Gasteiger partial charge in [-0.05, 0) is 6.92 Å². The van der Waals surface area contributed by atoms with Crippen LogP contribution >= 0.6 is 0 Å². The molecular formula is C4H6N4O. The maximum absolute atomic E-state index is 10.6. The van der Waals surface area contributed by atoms with E-state index in [4.69, 9.17) is 5.53 Å². The van der Waals surface area contributed by atoms with Gasteiger partial charge >= 0.3 is 0 Å². The molecule has 0 aliphatic rings. The summed E-state index contributed by atoms with van der Waals surface area (Å²) >= 11 is 0. The molecule has 0 saturated carbocycles. The SMILES string of the molecule is Cc1[nH][nH]c(=O)c1N=N. The number of H-pyrrole nitrogens is 2. The maximum atomic E-state index is 10.6. The van der Waals surface area contributed by atoms with E-state index in [2.05, 4.69) is 15.3 Å². The van der Waals surface area contributed by atoms with Gasteiger partial charge < -0.3 is 5.10 Å². The zero-order valence-corrected chi connectivity index (χ0v) is 4.86. The van der Waals surface area contributed by atoms with Crippen LogP contribution in [0.15, 0.2) is 9.91 Å². The van der Waals surface area contributed by atoms with Crippen molar-refractivity contribution in [3.63, 3.8) is 0 Å². The first-order valence-electron chi connectivity index (χ1n) is 2.40. The third-order valence-electron chi connectivity index (χ3n) is 1.05. The molecule has 0 unspecified atom stereocenters. The largest absolute Gasteiger partial charge is 0.300 e. The number of nitrogens with zero attached hydrogens (tertiary/aromatic N) is 1. The van der Waals surface area contributed by atoms with Crippen LogP contribution in [0.5, 0.6) is 0 Å². The zero-order chi connectivity index (χ0) is 6.85. The first kappa shape index (κ1) is 5.74. The molecule has 0 aliphatic heterocycles. The Hall–Kier alpha value is -1.39. The van der Waals surface area contributed by atoms with Crippen molar-refractivity contribution in [1.29, 1.82) is 5.53 Å². The maximum Gasteiger partial charge on any atom is 0.291 e. The molecule has 1 heterocycles. The van der Waals surface area contributed by atoms with Gasteiger partial charge in [-0.15, -0.1) is 0 Å². The molecule has 1 aromatic heterocycles. The second-order valence-electron chi connectivity index (χ2n) is 1.66. The van der Waals surface area contributed by atoms with Gasteiger partial charge in [-0.3, -0.25) is 9.89 Å². The van der Waals surface area contributed by atoms with Crippen molar-refractivity contribution in [3.05, 3.63) is 16.0 Å². The molecule has 3 N–H and O–H groups in total. The van der Waals surface area contributed by atoms with Crippen LogP contribution in [0.1, 0.15) is 5.69 Å². The van der Waals surface area contributed by atoms with Crippen LogP contribution in [0.25, 0.3) is 0 Å². The Bertz CT molecular complexity index is 270. The van der Waals surface area contributed by atoms with E-state index in [-0.39, 0.29) is 11.2 Å². The third kappa shape index (κ3) is 0.758. The summed E-state index contributed by atoms with van der Waals surface area (Å²) in [5.41, 5.74) is 6.92. The monoisotopic (exact) mass is 126 g/mol. The third-order valence-corrected chi connectivity index (χ3v) is 1.05. The van der Waals surface area contributed by atoms with Crippen molar-refractivity contribution in [2.45, 2.75) is 6.92 Å². The highest BCUT2D eigenvalue weighted by atomic mass is 16.1. The van der Waals surface area contributed by atoms with Crippen LogP contribution < -0.4 is 5.56 Å². The highest BCUT2D eigenvalue weighted by molar-refractivity contribution is 5.36. The second kappa shape index (κ2) is 1.85. The second-order valence-corrected chi connectivity index (χ2v) is 1.66. The van der Waals surface area contributed by atoms with Gasteiger partial charge in [-0.25, -0.2) is 5.53 Å². The highest BCUT2D eigenvalue weighted by Crippen LogP contribution is 2.05. The molecular weight excluding hydrogens is 120 g/mol. The van der Waals surface area contributed by atoms with Gasteiger partial charge in [-0.2, -0.15) is 5.11 Å². The van der Waals surface area contributed by atoms with Gasteiger partial charge in [0.1, 0.15) is 0 Å². The summed E-state index contributed by atoms with van der Waals surface area (Å²) in [6.45, 7) is 1.67. The molecule has 1 aromatic rings. The van der Waals surface area contributed by atoms with Crippen LogP contribution in [0.4, 0.5) is 5.69 Å². The molecule has 0 bridgehead atoms. The fraction of sp³-hybridized carbons (Fsp3) is 0.250. The lowest BCUT2D eigenvalue weighted by atomic mass is 10.4. The minimum absolute atomic E-state index is 0.148. The van der Waals surface area contributed by atoms with Gasteiger partial charge in [0.15, 0.2) is 5.69 Å². The molecule has 0 aromatic carbocycles. The smallest absolute Gasteiger partial charge is 0.291 e. The number of aromatic amines is 2. The molecule has 1 rings (SSSR count). The number of rotatable bonds is 1. The fourth-order valence-electron chi connectivity index (χ4n) is 0.574. The van der Waals surface area contributed by atoms with E-state index in [1.54, 1.807) is 6.92 Å². The number of aryl methyl sites for hydroxylation is 1. The first-order chi connectivity index (χ1) is 4.25. The van der Waals surface area contributed by atoms with Crippen molar-refractivity contribution in [2.75, 3.05) is 0 Å². The lowest BCUT2D eigenvalue weighted by molar-refractivity contribution is 1.02. The molecule has 48 valence electrons. The lowest BCUT2D eigenvalue weighted by Crippen LogP contribution is -1.96. The number of aromatic nitrogens is 2. The Morgan fingerprint density at radius 3 is 2.44 bits per heavy atom. The summed E-state index contributed by atoms with van der Waals surface area (Å²) in [5.74, 6) is 0. The summed E-state index contributed by atoms with van der Waals surface area (Å²) in [4.78, 5) is 10.6. The number of nitrogens with one attached hydrogen (secondary N) is 3. The average molecular weight is 126 g/mol. The van der Waals surface area contributed by atoms with Crippen molar-refractivity contribution in [2.24, 2.45) is 5.11 Å². The molecule has 5 heteroatoms. The van der Waals surface area contributed by atoms with E-state index < -0.39 is 0 Å². The summed E-state index contributed by atoms with van der Waals surface area (Å²) < 4.78 is 0. The predicted molar refractivity (Wildman–Crippen MR) is 31.0 cm³/mol. The predicted octanol–water partition coefficient (Wildman–Crippen LogP) is 0.674. The lowest BCUT2D eigenvalue weighted by Gasteiger charge is -1.78. The Morgan fingerprint density at radius 1 is 1.56 bits per heavy atom. The van der Waals surface area contributed by atoms with E-state index in [9.17, 15) is 4.79 Å². The molecule has 9 heavy (non-hydrogen) atoms. The first-order valence-corrected chi connectivity index (χ1v) is 2.40. The minimum Gasteiger partial charge on any atom is -0.300 e. The summed E-state index contributed by atoms with van der Waals surface area (Å²) in [6, 6.07) is 0. The topological polar surface area (TPSA) is 84.9 Å². The van der Waals surface area contributed by atoms with Gasteiger partial charge in [-0.1, -0.05) is 0 Å². The number of hydrogen-bond donors (Lipinski definition) is 3. The van der Waals surface area contributed by atoms with Crippen LogP contribution in [0.2, 0.25) is 0 Å². The quantitative estimate of drug-likeness (QED) is 0.475. The Morgan fingerprint density at radius 2 is 2.22 bits per heavy atom. The molecule has 0 saturated heterocycles. The van der Waals surface area contributed by atoms with E-state index in [0.717, 1.165) is 0 Å². The molecule has 0 atom stereocenters. The number of hydrogen-bond acceptors (Lipinski definition) is 3. The standard InChI is InChI=1S/C4H6N4O/c1-2-3(6-5)4(9)8-7-2/h5H,1H3,(H2,7,8,9). The van der Waals surface area contributed by atoms with E-state index in [0.29, 0.717) is 5.69 Å².